The molecule has 0 aromatic heterocycles. The smallest absolute Gasteiger partial charge is 0.240 e. The van der Waals surface area contributed by atoms with E-state index < -0.39 is 17.1 Å². The van der Waals surface area contributed by atoms with Gasteiger partial charge in [-0.05, 0) is 37.4 Å². The van der Waals surface area contributed by atoms with E-state index in [2.05, 4.69) is 17.0 Å². The van der Waals surface area contributed by atoms with Crippen molar-refractivity contribution in [3.05, 3.63) is 71.5 Å². The number of imide groups is 1. The molecular weight excluding hydrogens is 447 g/mol. The Bertz CT molecular complexity index is 1070. The summed E-state index contributed by atoms with van der Waals surface area (Å²) < 4.78 is 14.2. The largest absolute Gasteiger partial charge is 0.340 e. The second-order valence-electron chi connectivity index (χ2n) is 9.74. The minimum Gasteiger partial charge on any atom is -0.340 e. The molecule has 0 aliphatic carbocycles. The molecule has 3 amide bonds. The van der Waals surface area contributed by atoms with E-state index in [9.17, 15) is 18.8 Å². The van der Waals surface area contributed by atoms with Crippen molar-refractivity contribution in [3.63, 3.8) is 0 Å². The van der Waals surface area contributed by atoms with Crippen LogP contribution in [0.2, 0.25) is 0 Å². The van der Waals surface area contributed by atoms with Crippen molar-refractivity contribution < 1.29 is 18.8 Å². The van der Waals surface area contributed by atoms with Gasteiger partial charge in [0, 0.05) is 58.7 Å². The van der Waals surface area contributed by atoms with Crippen LogP contribution in [0.3, 0.4) is 0 Å². The number of carbonyl (C=O) groups excluding carboxylic acids is 3. The predicted octanol–water partition coefficient (Wildman–Crippen LogP) is 2.12. The first-order valence-electron chi connectivity index (χ1n) is 12.1. The molecule has 2 aliphatic heterocycles. The lowest BCUT2D eigenvalue weighted by molar-refractivity contribution is -0.143. The van der Waals surface area contributed by atoms with Crippen LogP contribution in [-0.2, 0) is 26.3 Å². The number of benzene rings is 2. The molecule has 1 atom stereocenters. The zero-order chi connectivity index (χ0) is 25.0. The van der Waals surface area contributed by atoms with E-state index in [1.807, 2.05) is 37.2 Å². The molecule has 8 heteroatoms. The summed E-state index contributed by atoms with van der Waals surface area (Å²) in [4.78, 5) is 47.1. The van der Waals surface area contributed by atoms with Crippen LogP contribution in [-0.4, -0.2) is 90.7 Å². The second-order valence-corrected chi connectivity index (χ2v) is 9.74. The van der Waals surface area contributed by atoms with Gasteiger partial charge in [-0.15, -0.1) is 0 Å². The predicted molar refractivity (Wildman–Crippen MR) is 131 cm³/mol. The summed E-state index contributed by atoms with van der Waals surface area (Å²) in [5.74, 6) is -1.40. The first-order valence-corrected chi connectivity index (χ1v) is 12.1. The van der Waals surface area contributed by atoms with Crippen LogP contribution in [0.25, 0.3) is 0 Å². The molecular formula is C27H33FN4O3. The maximum Gasteiger partial charge on any atom is 0.240 e. The van der Waals surface area contributed by atoms with Crippen molar-refractivity contribution in [2.45, 2.75) is 24.8 Å². The standard InChI is InChI=1S/C27H33FN4O3/c1-29(2)11-16-32-25(34)19-27(26(32)35,22-9-6-10-23(28)17-22)18-24(33)31-14-12-30(13-15-31)20-21-7-4-3-5-8-21/h3-10,17H,11-16,18-20H2,1-2H3/t27-/m0/s1. The first-order chi connectivity index (χ1) is 16.8. The molecule has 2 aromatic carbocycles. The number of piperazine rings is 1. The number of likely N-dealkylation sites (tertiary alicyclic amines) is 1. The summed E-state index contributed by atoms with van der Waals surface area (Å²) in [6.45, 7) is 4.16. The zero-order valence-corrected chi connectivity index (χ0v) is 20.5. The molecule has 0 unspecified atom stereocenters. The van der Waals surface area contributed by atoms with Gasteiger partial charge in [-0.25, -0.2) is 4.39 Å². The Balaban J connectivity index is 1.49. The van der Waals surface area contributed by atoms with Crippen LogP contribution in [0.4, 0.5) is 4.39 Å². The molecule has 0 spiro atoms. The number of hydrogen-bond donors (Lipinski definition) is 0. The molecule has 2 fully saturated rings. The van der Waals surface area contributed by atoms with Gasteiger partial charge in [-0.2, -0.15) is 0 Å². The van der Waals surface area contributed by atoms with Crippen molar-refractivity contribution in [2.24, 2.45) is 0 Å². The van der Waals surface area contributed by atoms with E-state index in [1.165, 1.54) is 28.7 Å². The Labute approximate surface area is 206 Å². The Morgan fingerprint density at radius 2 is 1.71 bits per heavy atom. The number of nitrogens with zero attached hydrogens (tertiary/aromatic N) is 4. The lowest BCUT2D eigenvalue weighted by Gasteiger charge is -2.36. The quantitative estimate of drug-likeness (QED) is 0.542. The molecule has 7 nitrogen and oxygen atoms in total. The number of likely N-dealkylation sites (N-methyl/N-ethyl adjacent to an activating group) is 1. The summed E-state index contributed by atoms with van der Waals surface area (Å²) in [6.07, 6.45) is -0.263. The molecule has 0 bridgehead atoms. The molecule has 2 heterocycles. The van der Waals surface area contributed by atoms with Crippen LogP contribution >= 0.6 is 0 Å². The Kier molecular flexibility index (Phi) is 7.62. The highest BCUT2D eigenvalue weighted by atomic mass is 19.1. The van der Waals surface area contributed by atoms with Crippen molar-refractivity contribution in [1.82, 2.24) is 19.6 Å². The van der Waals surface area contributed by atoms with E-state index in [1.54, 1.807) is 11.0 Å². The molecule has 186 valence electrons. The first kappa shape index (κ1) is 25.0. The average molecular weight is 481 g/mol. The van der Waals surface area contributed by atoms with Crippen LogP contribution in [0.1, 0.15) is 24.0 Å². The SMILES string of the molecule is CN(C)CCN1C(=O)C[C@@](CC(=O)N2CCN(Cc3ccccc3)CC2)(c2cccc(F)c2)C1=O. The summed E-state index contributed by atoms with van der Waals surface area (Å²) in [6, 6.07) is 16.0. The molecule has 0 radical (unpaired) electrons. The van der Waals surface area contributed by atoms with Gasteiger partial charge in [0.1, 0.15) is 5.82 Å². The van der Waals surface area contributed by atoms with E-state index in [4.69, 9.17) is 0 Å². The summed E-state index contributed by atoms with van der Waals surface area (Å²) in [5.41, 5.74) is 0.244. The van der Waals surface area contributed by atoms with Gasteiger partial charge >= 0.3 is 0 Å². The van der Waals surface area contributed by atoms with Gasteiger partial charge in [0.05, 0.1) is 5.41 Å². The number of halogens is 1. The maximum atomic E-state index is 14.2. The number of carbonyl (C=O) groups is 3. The Morgan fingerprint density at radius 1 is 1.00 bits per heavy atom. The van der Waals surface area contributed by atoms with Crippen LogP contribution in [0, 0.1) is 5.82 Å². The average Bonchev–Trinajstić information content (AvgIpc) is 3.08. The van der Waals surface area contributed by atoms with Gasteiger partial charge < -0.3 is 9.80 Å². The molecule has 35 heavy (non-hydrogen) atoms. The van der Waals surface area contributed by atoms with Crippen molar-refractivity contribution in [1.29, 1.82) is 0 Å². The summed E-state index contributed by atoms with van der Waals surface area (Å²) in [5, 5.41) is 0. The molecule has 4 rings (SSSR count). The fourth-order valence-corrected chi connectivity index (χ4v) is 4.95. The summed E-state index contributed by atoms with van der Waals surface area (Å²) in [7, 11) is 3.73. The number of rotatable bonds is 8. The third kappa shape index (κ3) is 5.60. The van der Waals surface area contributed by atoms with Crippen LogP contribution < -0.4 is 0 Å². The zero-order valence-electron chi connectivity index (χ0n) is 20.5. The van der Waals surface area contributed by atoms with E-state index in [0.29, 0.717) is 25.2 Å². The topological polar surface area (TPSA) is 64.2 Å². The lowest BCUT2D eigenvalue weighted by Crippen LogP contribution is -2.50. The highest BCUT2D eigenvalue weighted by molar-refractivity contribution is 6.10. The van der Waals surface area contributed by atoms with E-state index in [0.717, 1.165) is 19.6 Å². The van der Waals surface area contributed by atoms with Crippen molar-refractivity contribution in [2.75, 3.05) is 53.4 Å². The van der Waals surface area contributed by atoms with E-state index >= 15 is 0 Å². The van der Waals surface area contributed by atoms with Crippen LogP contribution in [0.15, 0.2) is 54.6 Å². The fraction of sp³-hybridized carbons (Fsp3) is 0.444. The minimum absolute atomic E-state index is 0.123. The molecule has 0 saturated carbocycles. The fourth-order valence-electron chi connectivity index (χ4n) is 4.95. The number of hydrogen-bond acceptors (Lipinski definition) is 5. The van der Waals surface area contributed by atoms with Gasteiger partial charge in [-0.3, -0.25) is 24.2 Å². The molecule has 0 N–H and O–H groups in total. The van der Waals surface area contributed by atoms with Gasteiger partial charge in [0.15, 0.2) is 0 Å². The minimum atomic E-state index is -1.37. The third-order valence-corrected chi connectivity index (χ3v) is 6.98. The van der Waals surface area contributed by atoms with E-state index in [-0.39, 0.29) is 31.2 Å². The molecule has 2 aromatic rings. The van der Waals surface area contributed by atoms with Crippen molar-refractivity contribution >= 4 is 17.7 Å². The second kappa shape index (κ2) is 10.7. The highest BCUT2D eigenvalue weighted by Gasteiger charge is 2.54. The highest BCUT2D eigenvalue weighted by Crippen LogP contribution is 2.40. The Morgan fingerprint density at radius 3 is 2.37 bits per heavy atom. The monoisotopic (exact) mass is 480 g/mol. The van der Waals surface area contributed by atoms with Crippen LogP contribution in [0.5, 0.6) is 0 Å². The Hall–Kier alpha value is -3.10. The van der Waals surface area contributed by atoms with Crippen molar-refractivity contribution in [3.8, 4) is 0 Å². The number of amides is 3. The van der Waals surface area contributed by atoms with Gasteiger partial charge in [0.25, 0.3) is 0 Å². The third-order valence-electron chi connectivity index (χ3n) is 6.98. The lowest BCUT2D eigenvalue weighted by atomic mass is 9.75. The van der Waals surface area contributed by atoms with Gasteiger partial charge in [0.2, 0.25) is 17.7 Å². The molecule has 2 aliphatic rings. The van der Waals surface area contributed by atoms with Gasteiger partial charge in [-0.1, -0.05) is 42.5 Å². The molecule has 2 saturated heterocycles. The maximum absolute atomic E-state index is 14.2. The summed E-state index contributed by atoms with van der Waals surface area (Å²) >= 11 is 0. The normalized spacial score (nSPS) is 21.3.